The van der Waals surface area contributed by atoms with Gasteiger partial charge >= 0.3 is 0 Å². The third kappa shape index (κ3) is 2.86. The molecule has 0 aliphatic heterocycles. The summed E-state index contributed by atoms with van der Waals surface area (Å²) in [7, 11) is 0. The summed E-state index contributed by atoms with van der Waals surface area (Å²) in [5.41, 5.74) is 0. The summed E-state index contributed by atoms with van der Waals surface area (Å²) >= 11 is 1.92. The minimum Gasteiger partial charge on any atom is -0.309 e. The summed E-state index contributed by atoms with van der Waals surface area (Å²) in [6.45, 7) is 8.03. The van der Waals surface area contributed by atoms with Crippen LogP contribution in [0.25, 0.3) is 0 Å². The van der Waals surface area contributed by atoms with Crippen LogP contribution >= 0.6 is 11.3 Å². The number of hydrogen-bond donors (Lipinski definition) is 1. The number of hydrogen-bond acceptors (Lipinski definition) is 2. The third-order valence-electron chi connectivity index (χ3n) is 3.85. The highest BCUT2D eigenvalue weighted by Gasteiger charge is 2.26. The Labute approximate surface area is 103 Å². The van der Waals surface area contributed by atoms with Crippen molar-refractivity contribution in [1.29, 1.82) is 0 Å². The van der Waals surface area contributed by atoms with Crippen LogP contribution in [-0.4, -0.2) is 6.04 Å². The maximum absolute atomic E-state index is 3.76. The molecule has 1 aliphatic carbocycles. The Bertz CT molecular complexity index is 321. The van der Waals surface area contributed by atoms with E-state index in [9.17, 15) is 0 Å². The first-order chi connectivity index (χ1) is 7.66. The van der Waals surface area contributed by atoms with Crippen LogP contribution in [0.5, 0.6) is 0 Å². The summed E-state index contributed by atoms with van der Waals surface area (Å²) in [4.78, 5) is 2.89. The van der Waals surface area contributed by atoms with Gasteiger partial charge in [0.15, 0.2) is 0 Å². The van der Waals surface area contributed by atoms with Crippen LogP contribution in [0.3, 0.4) is 0 Å². The fourth-order valence-corrected chi connectivity index (χ4v) is 3.72. The predicted octanol–water partition coefficient (Wildman–Crippen LogP) is 3.97. The van der Waals surface area contributed by atoms with Crippen molar-refractivity contribution in [1.82, 2.24) is 5.32 Å². The maximum atomic E-state index is 3.76. The summed E-state index contributed by atoms with van der Waals surface area (Å²) in [5.74, 6) is 1.68. The van der Waals surface area contributed by atoms with Crippen molar-refractivity contribution < 1.29 is 0 Å². The van der Waals surface area contributed by atoms with E-state index in [1.54, 1.807) is 0 Å². The Morgan fingerprint density at radius 1 is 1.25 bits per heavy atom. The van der Waals surface area contributed by atoms with Crippen LogP contribution in [-0.2, 0) is 6.54 Å². The molecular weight excluding hydrogens is 214 g/mol. The van der Waals surface area contributed by atoms with Gasteiger partial charge in [-0.05, 0) is 43.7 Å². The second-order valence-corrected chi connectivity index (χ2v) is 6.68. The zero-order valence-corrected chi connectivity index (χ0v) is 11.4. The third-order valence-corrected chi connectivity index (χ3v) is 4.85. The molecule has 1 N–H and O–H groups in total. The van der Waals surface area contributed by atoms with Crippen LogP contribution in [0.1, 0.15) is 42.9 Å². The average molecular weight is 237 g/mol. The molecule has 16 heavy (non-hydrogen) atoms. The van der Waals surface area contributed by atoms with E-state index in [2.05, 4.69) is 38.2 Å². The molecule has 1 fully saturated rings. The molecule has 1 nitrogen and oxygen atoms in total. The van der Waals surface area contributed by atoms with E-state index in [1.165, 1.54) is 29.0 Å². The summed E-state index contributed by atoms with van der Waals surface area (Å²) in [5, 5.41) is 3.76. The topological polar surface area (TPSA) is 12.0 Å². The molecule has 0 amide bonds. The van der Waals surface area contributed by atoms with E-state index in [4.69, 9.17) is 0 Å². The van der Waals surface area contributed by atoms with E-state index in [0.717, 1.165) is 24.4 Å². The first-order valence-electron chi connectivity index (χ1n) is 6.45. The Balaban J connectivity index is 1.88. The van der Waals surface area contributed by atoms with Crippen LogP contribution in [0.2, 0.25) is 0 Å². The normalized spacial score (nSPS) is 30.6. The smallest absolute Gasteiger partial charge is 0.0302 e. The van der Waals surface area contributed by atoms with E-state index < -0.39 is 0 Å². The van der Waals surface area contributed by atoms with Gasteiger partial charge in [-0.15, -0.1) is 11.3 Å². The van der Waals surface area contributed by atoms with Gasteiger partial charge in [-0.25, -0.2) is 0 Å². The highest BCUT2D eigenvalue weighted by molar-refractivity contribution is 7.11. The Kier molecular flexibility index (Phi) is 4.04. The molecule has 0 radical (unpaired) electrons. The Hall–Kier alpha value is -0.340. The average Bonchev–Trinajstić information content (AvgIpc) is 2.63. The fourth-order valence-electron chi connectivity index (χ4n) is 2.88. The minimum atomic E-state index is 0.719. The monoisotopic (exact) mass is 237 g/mol. The Morgan fingerprint density at radius 2 is 1.94 bits per heavy atom. The predicted molar refractivity (Wildman–Crippen MR) is 71.9 cm³/mol. The zero-order chi connectivity index (χ0) is 11.5. The molecule has 2 unspecified atom stereocenters. The number of nitrogens with one attached hydrogen (secondary N) is 1. The van der Waals surface area contributed by atoms with Crippen molar-refractivity contribution >= 4 is 11.3 Å². The van der Waals surface area contributed by atoms with E-state index >= 15 is 0 Å². The van der Waals surface area contributed by atoms with Crippen molar-refractivity contribution in [2.45, 2.75) is 52.6 Å². The lowest BCUT2D eigenvalue weighted by molar-refractivity contribution is 0.208. The molecule has 90 valence electrons. The summed E-state index contributed by atoms with van der Waals surface area (Å²) in [6.07, 6.45) is 4.20. The molecule has 0 bridgehead atoms. The van der Waals surface area contributed by atoms with Crippen LogP contribution < -0.4 is 5.32 Å². The molecule has 1 heterocycles. The summed E-state index contributed by atoms with van der Waals surface area (Å²) in [6, 6.07) is 5.19. The number of thiophene rings is 1. The first kappa shape index (κ1) is 12.1. The SMILES string of the molecule is Cc1ccc(CNC2C(C)CCCC2C)s1. The van der Waals surface area contributed by atoms with Crippen molar-refractivity contribution in [3.63, 3.8) is 0 Å². The largest absolute Gasteiger partial charge is 0.309 e. The zero-order valence-electron chi connectivity index (χ0n) is 10.6. The van der Waals surface area contributed by atoms with Gasteiger partial charge in [-0.3, -0.25) is 0 Å². The van der Waals surface area contributed by atoms with E-state index in [0.29, 0.717) is 0 Å². The van der Waals surface area contributed by atoms with Gasteiger partial charge in [0, 0.05) is 22.3 Å². The molecule has 1 saturated carbocycles. The van der Waals surface area contributed by atoms with E-state index in [-0.39, 0.29) is 0 Å². The lowest BCUT2D eigenvalue weighted by Crippen LogP contribution is -2.42. The molecular formula is C14H23NS. The lowest BCUT2D eigenvalue weighted by Gasteiger charge is -2.35. The van der Waals surface area contributed by atoms with Crippen molar-refractivity contribution in [3.8, 4) is 0 Å². The number of aryl methyl sites for hydroxylation is 1. The van der Waals surface area contributed by atoms with Crippen LogP contribution in [0, 0.1) is 18.8 Å². The molecule has 0 saturated heterocycles. The van der Waals surface area contributed by atoms with Gasteiger partial charge in [0.25, 0.3) is 0 Å². The Morgan fingerprint density at radius 3 is 2.50 bits per heavy atom. The molecule has 1 aliphatic rings. The van der Waals surface area contributed by atoms with Crippen molar-refractivity contribution in [2.24, 2.45) is 11.8 Å². The molecule has 0 aromatic carbocycles. The molecule has 2 atom stereocenters. The first-order valence-corrected chi connectivity index (χ1v) is 7.27. The van der Waals surface area contributed by atoms with Gasteiger partial charge < -0.3 is 5.32 Å². The maximum Gasteiger partial charge on any atom is 0.0302 e. The molecule has 0 spiro atoms. The minimum absolute atomic E-state index is 0.719. The molecule has 1 aromatic heterocycles. The van der Waals surface area contributed by atoms with Crippen LogP contribution in [0.15, 0.2) is 12.1 Å². The van der Waals surface area contributed by atoms with Gasteiger partial charge in [-0.2, -0.15) is 0 Å². The number of rotatable bonds is 3. The highest BCUT2D eigenvalue weighted by Crippen LogP contribution is 2.29. The van der Waals surface area contributed by atoms with Crippen molar-refractivity contribution in [2.75, 3.05) is 0 Å². The van der Waals surface area contributed by atoms with Gasteiger partial charge in [0.05, 0.1) is 0 Å². The molecule has 2 heteroatoms. The van der Waals surface area contributed by atoms with Crippen molar-refractivity contribution in [3.05, 3.63) is 21.9 Å². The van der Waals surface area contributed by atoms with E-state index in [1.807, 2.05) is 11.3 Å². The fraction of sp³-hybridized carbons (Fsp3) is 0.714. The quantitative estimate of drug-likeness (QED) is 0.838. The van der Waals surface area contributed by atoms with Gasteiger partial charge in [0.1, 0.15) is 0 Å². The second kappa shape index (κ2) is 5.33. The van der Waals surface area contributed by atoms with Gasteiger partial charge in [-0.1, -0.05) is 20.3 Å². The lowest BCUT2D eigenvalue weighted by atomic mass is 9.79. The van der Waals surface area contributed by atoms with Gasteiger partial charge in [0.2, 0.25) is 0 Å². The standard InChI is InChI=1S/C14H23NS/c1-10-5-4-6-11(2)14(10)15-9-13-8-7-12(3)16-13/h7-8,10-11,14-15H,4-6,9H2,1-3H3. The molecule has 1 aromatic rings. The van der Waals surface area contributed by atoms with Crippen LogP contribution in [0.4, 0.5) is 0 Å². The summed E-state index contributed by atoms with van der Waals surface area (Å²) < 4.78 is 0. The highest BCUT2D eigenvalue weighted by atomic mass is 32.1. The second-order valence-electron chi connectivity index (χ2n) is 5.30. The molecule has 2 rings (SSSR count).